The molecular weight excluding hydrogens is 308 g/mol. The number of non-ortho nitro benzene ring substituents is 1. The van der Waals surface area contributed by atoms with Crippen LogP contribution in [0.25, 0.3) is 0 Å². The Labute approximate surface area is 109 Å². The summed E-state index contributed by atoms with van der Waals surface area (Å²) in [5, 5.41) is 19.4. The monoisotopic (exact) mass is 314 g/mol. The van der Waals surface area contributed by atoms with Gasteiger partial charge in [0.1, 0.15) is 0 Å². The van der Waals surface area contributed by atoms with Gasteiger partial charge in [-0.25, -0.2) is 0 Å². The lowest BCUT2D eigenvalue weighted by Crippen LogP contribution is -2.01. The van der Waals surface area contributed by atoms with Crippen LogP contribution in [0.1, 0.15) is 5.69 Å². The summed E-state index contributed by atoms with van der Waals surface area (Å²) in [5.41, 5.74) is 1.51. The van der Waals surface area contributed by atoms with Crippen LogP contribution in [0.2, 0.25) is 0 Å². The molecule has 17 heavy (non-hydrogen) atoms. The van der Waals surface area contributed by atoms with Gasteiger partial charge in [0, 0.05) is 22.0 Å². The minimum absolute atomic E-state index is 0.0482. The number of benzene rings is 1. The number of rotatable bonds is 4. The third-order valence-corrected chi connectivity index (χ3v) is 3.27. The minimum Gasteiger partial charge on any atom is -0.378 e. The number of hydrogen-bond donors (Lipinski definition) is 1. The summed E-state index contributed by atoms with van der Waals surface area (Å²) in [5.74, 6) is 0. The second-order valence-electron chi connectivity index (χ2n) is 3.17. The normalized spacial score (nSPS) is 10.2. The van der Waals surface area contributed by atoms with E-state index in [0.717, 1.165) is 10.2 Å². The zero-order valence-corrected chi connectivity index (χ0v) is 10.9. The van der Waals surface area contributed by atoms with Crippen molar-refractivity contribution in [1.82, 2.24) is 9.59 Å². The maximum Gasteiger partial charge on any atom is 0.271 e. The van der Waals surface area contributed by atoms with Crippen molar-refractivity contribution in [3.63, 3.8) is 0 Å². The van der Waals surface area contributed by atoms with Crippen LogP contribution in [0.15, 0.2) is 28.1 Å². The van der Waals surface area contributed by atoms with E-state index < -0.39 is 4.92 Å². The lowest BCUT2D eigenvalue weighted by Gasteiger charge is -2.06. The Morgan fingerprint density at radius 3 is 3.00 bits per heavy atom. The maximum absolute atomic E-state index is 10.6. The smallest absolute Gasteiger partial charge is 0.271 e. The molecule has 88 valence electrons. The Kier molecular flexibility index (Phi) is 3.64. The van der Waals surface area contributed by atoms with Gasteiger partial charge in [-0.15, -0.1) is 5.10 Å². The fraction of sp³-hybridized carbons (Fsp3) is 0.111. The van der Waals surface area contributed by atoms with Crippen molar-refractivity contribution in [2.75, 3.05) is 5.32 Å². The Bertz CT molecular complexity index is 532. The van der Waals surface area contributed by atoms with Crippen molar-refractivity contribution < 1.29 is 4.92 Å². The lowest BCUT2D eigenvalue weighted by molar-refractivity contribution is -0.384. The Balaban J connectivity index is 2.14. The molecule has 0 fully saturated rings. The molecule has 1 aromatic heterocycles. The van der Waals surface area contributed by atoms with Crippen LogP contribution in [0.3, 0.4) is 0 Å². The summed E-state index contributed by atoms with van der Waals surface area (Å²) in [6.07, 6.45) is 0. The predicted octanol–water partition coefficient (Wildman–Crippen LogP) is 2.82. The molecule has 0 bridgehead atoms. The summed E-state index contributed by atoms with van der Waals surface area (Å²) in [6, 6.07) is 4.56. The molecule has 1 heterocycles. The van der Waals surface area contributed by atoms with Gasteiger partial charge >= 0.3 is 0 Å². The molecule has 0 aliphatic carbocycles. The Hall–Kier alpha value is -1.54. The quantitative estimate of drug-likeness (QED) is 0.693. The predicted molar refractivity (Wildman–Crippen MR) is 68.0 cm³/mol. The van der Waals surface area contributed by atoms with Gasteiger partial charge in [0.05, 0.1) is 22.8 Å². The fourth-order valence-corrected chi connectivity index (χ4v) is 2.05. The second kappa shape index (κ2) is 5.19. The largest absolute Gasteiger partial charge is 0.378 e. The molecule has 2 rings (SSSR count). The highest BCUT2D eigenvalue weighted by Crippen LogP contribution is 2.27. The number of anilines is 1. The van der Waals surface area contributed by atoms with Gasteiger partial charge in [0.15, 0.2) is 0 Å². The van der Waals surface area contributed by atoms with Crippen LogP contribution in [-0.4, -0.2) is 14.5 Å². The molecule has 0 saturated heterocycles. The summed E-state index contributed by atoms with van der Waals surface area (Å²) >= 11 is 4.59. The van der Waals surface area contributed by atoms with Crippen LogP contribution < -0.4 is 5.32 Å². The number of aromatic nitrogens is 2. The Morgan fingerprint density at radius 1 is 1.53 bits per heavy atom. The zero-order valence-electron chi connectivity index (χ0n) is 8.46. The van der Waals surface area contributed by atoms with Gasteiger partial charge in [-0.05, 0) is 33.5 Å². The number of nitrogens with zero attached hydrogens (tertiary/aromatic N) is 3. The van der Waals surface area contributed by atoms with Gasteiger partial charge < -0.3 is 5.32 Å². The van der Waals surface area contributed by atoms with E-state index in [1.165, 1.54) is 23.7 Å². The van der Waals surface area contributed by atoms with Gasteiger partial charge in [0.2, 0.25) is 0 Å². The molecule has 1 N–H and O–H groups in total. The molecule has 0 radical (unpaired) electrons. The standard InChI is InChI=1S/C9H7BrN4O2S/c10-8-2-1-7(14(15)16)3-9(8)11-4-6-5-17-13-12-6/h1-3,5,11H,4H2. The Morgan fingerprint density at radius 2 is 2.35 bits per heavy atom. The van der Waals surface area contributed by atoms with Crippen molar-refractivity contribution in [3.05, 3.63) is 43.9 Å². The first-order chi connectivity index (χ1) is 8.16. The van der Waals surface area contributed by atoms with Crippen LogP contribution in [-0.2, 0) is 6.54 Å². The van der Waals surface area contributed by atoms with E-state index >= 15 is 0 Å². The maximum atomic E-state index is 10.6. The van der Waals surface area contributed by atoms with E-state index in [4.69, 9.17) is 0 Å². The molecule has 2 aromatic rings. The first kappa shape index (κ1) is 11.9. The second-order valence-corrected chi connectivity index (χ2v) is 4.64. The number of nitrogens with one attached hydrogen (secondary N) is 1. The minimum atomic E-state index is -0.429. The van der Waals surface area contributed by atoms with Crippen molar-refractivity contribution in [3.8, 4) is 0 Å². The molecule has 0 aliphatic heterocycles. The summed E-state index contributed by atoms with van der Waals surface area (Å²) in [6.45, 7) is 0.482. The zero-order chi connectivity index (χ0) is 12.3. The molecule has 0 atom stereocenters. The molecule has 0 amide bonds. The van der Waals surface area contributed by atoms with Gasteiger partial charge in [-0.2, -0.15) is 0 Å². The van der Waals surface area contributed by atoms with Crippen LogP contribution in [0, 0.1) is 10.1 Å². The van der Waals surface area contributed by atoms with Crippen LogP contribution in [0.5, 0.6) is 0 Å². The third kappa shape index (κ3) is 2.98. The summed E-state index contributed by atoms with van der Waals surface area (Å²) in [7, 11) is 0. The SMILES string of the molecule is O=[N+]([O-])c1ccc(Br)c(NCc2csnn2)c1. The van der Waals surface area contributed by atoms with Crippen molar-refractivity contribution in [2.45, 2.75) is 6.54 Å². The molecule has 6 nitrogen and oxygen atoms in total. The van der Waals surface area contributed by atoms with E-state index in [0.29, 0.717) is 12.2 Å². The molecule has 1 aromatic carbocycles. The first-order valence-corrected chi connectivity index (χ1v) is 6.23. The highest BCUT2D eigenvalue weighted by atomic mass is 79.9. The number of hydrogen-bond acceptors (Lipinski definition) is 6. The molecule has 0 aliphatic rings. The fourth-order valence-electron chi connectivity index (χ4n) is 1.21. The van der Waals surface area contributed by atoms with Crippen molar-refractivity contribution in [2.24, 2.45) is 0 Å². The van der Waals surface area contributed by atoms with Gasteiger partial charge in [-0.3, -0.25) is 10.1 Å². The van der Waals surface area contributed by atoms with Crippen molar-refractivity contribution >= 4 is 38.8 Å². The summed E-state index contributed by atoms with van der Waals surface area (Å²) < 4.78 is 4.50. The average Bonchev–Trinajstić information content (AvgIpc) is 2.80. The van der Waals surface area contributed by atoms with Crippen LogP contribution >= 0.6 is 27.5 Å². The average molecular weight is 315 g/mol. The van der Waals surface area contributed by atoms with Crippen molar-refractivity contribution in [1.29, 1.82) is 0 Å². The molecule has 0 unspecified atom stereocenters. The third-order valence-electron chi connectivity index (χ3n) is 2.03. The van der Waals surface area contributed by atoms with E-state index in [-0.39, 0.29) is 5.69 Å². The topological polar surface area (TPSA) is 81.0 Å². The van der Waals surface area contributed by atoms with E-state index in [2.05, 4.69) is 30.8 Å². The van der Waals surface area contributed by atoms with Gasteiger partial charge in [0.25, 0.3) is 5.69 Å². The molecule has 0 saturated carbocycles. The number of halogens is 1. The molecule has 8 heteroatoms. The van der Waals surface area contributed by atoms with E-state index in [9.17, 15) is 10.1 Å². The summed E-state index contributed by atoms with van der Waals surface area (Å²) in [4.78, 5) is 10.2. The number of nitro groups is 1. The first-order valence-electron chi connectivity index (χ1n) is 4.60. The van der Waals surface area contributed by atoms with E-state index in [1.54, 1.807) is 6.07 Å². The van der Waals surface area contributed by atoms with Crippen LogP contribution in [0.4, 0.5) is 11.4 Å². The number of nitro benzene ring substituents is 1. The molecular formula is C9H7BrN4O2S. The van der Waals surface area contributed by atoms with E-state index in [1.807, 2.05) is 5.38 Å². The van der Waals surface area contributed by atoms with Gasteiger partial charge in [-0.1, -0.05) is 4.49 Å². The lowest BCUT2D eigenvalue weighted by atomic mass is 10.3. The molecule has 0 spiro atoms. The highest BCUT2D eigenvalue weighted by Gasteiger charge is 2.09. The highest BCUT2D eigenvalue weighted by molar-refractivity contribution is 9.10.